The molecule has 0 bridgehead atoms. The summed E-state index contributed by atoms with van der Waals surface area (Å²) in [6.07, 6.45) is 73.8. The maximum Gasteiger partial charge on any atom is 0.306 e. The van der Waals surface area contributed by atoms with E-state index in [2.05, 4.69) is 95.2 Å². The van der Waals surface area contributed by atoms with Gasteiger partial charge in [-0.1, -0.05) is 312 Å². The zero-order chi connectivity index (χ0) is 66.0. The Morgan fingerprint density at radius 1 is 0.380 bits per heavy atom. The van der Waals surface area contributed by atoms with Crippen LogP contribution < -0.4 is 0 Å². The minimum absolute atomic E-state index is 0.0638. The summed E-state index contributed by atoms with van der Waals surface area (Å²) in [5, 5.41) is 0. The van der Waals surface area contributed by atoms with Gasteiger partial charge in [0.05, 0.1) is 0 Å². The topological polar surface area (TPSA) is 52.6 Å². The van der Waals surface area contributed by atoms with Gasteiger partial charge in [0, 0.05) is 25.7 Å². The Balaban J connectivity index is 0.000000261. The van der Waals surface area contributed by atoms with Crippen molar-refractivity contribution in [3.63, 3.8) is 0 Å². The molecule has 92 heavy (non-hydrogen) atoms. The van der Waals surface area contributed by atoms with Crippen molar-refractivity contribution in [1.82, 2.24) is 0 Å². The Bertz CT molecular complexity index is 2130. The summed E-state index contributed by atoms with van der Waals surface area (Å²) in [5.74, 6) is 10.7. The largest absolute Gasteiger partial charge is 0.462 e. The lowest BCUT2D eigenvalue weighted by molar-refractivity contribution is -0.152. The average Bonchev–Trinajstić information content (AvgIpc) is 1.36. The van der Waals surface area contributed by atoms with Crippen molar-refractivity contribution in [2.75, 3.05) is 0 Å². The Kier molecular flexibility index (Phi) is 33.7. The highest BCUT2D eigenvalue weighted by Crippen LogP contribution is 2.69. The van der Waals surface area contributed by atoms with Gasteiger partial charge in [-0.2, -0.15) is 0 Å². The van der Waals surface area contributed by atoms with Gasteiger partial charge in [-0.15, -0.1) is 0 Å². The molecule has 0 aromatic rings. The van der Waals surface area contributed by atoms with Gasteiger partial charge >= 0.3 is 11.9 Å². The molecule has 532 valence electrons. The number of hydrogen-bond donors (Lipinski definition) is 0. The van der Waals surface area contributed by atoms with Gasteiger partial charge < -0.3 is 9.47 Å². The van der Waals surface area contributed by atoms with E-state index in [1.165, 1.54) is 283 Å². The second-order valence-corrected chi connectivity index (χ2v) is 36.0. The minimum Gasteiger partial charge on any atom is -0.462 e. The number of carbonyl (C=O) groups is 2. The number of hydrogen-bond acceptors (Lipinski definition) is 4. The molecule has 4 nitrogen and oxygen atoms in total. The third-order valence-electron chi connectivity index (χ3n) is 28.6. The first-order chi connectivity index (χ1) is 44.4. The molecule has 0 amide bonds. The summed E-state index contributed by atoms with van der Waals surface area (Å²) in [5.41, 5.74) is 5.08. The predicted molar refractivity (Wildman–Crippen MR) is 396 cm³/mol. The summed E-state index contributed by atoms with van der Waals surface area (Å²) in [7, 11) is 0. The van der Waals surface area contributed by atoms with E-state index in [0.29, 0.717) is 34.5 Å². The molecule has 0 aromatic heterocycles. The van der Waals surface area contributed by atoms with Crippen molar-refractivity contribution in [3.8, 4) is 0 Å². The molecule has 8 aliphatic carbocycles. The molecule has 0 aromatic carbocycles. The molecule has 0 aliphatic heterocycles. The number of fused-ring (bicyclic) bond motifs is 10. The summed E-state index contributed by atoms with van der Waals surface area (Å²) >= 11 is 0. The van der Waals surface area contributed by atoms with Crippen LogP contribution in [0, 0.1) is 92.7 Å². The molecule has 0 radical (unpaired) electrons. The van der Waals surface area contributed by atoms with Crippen LogP contribution in [0.4, 0.5) is 0 Å². The van der Waals surface area contributed by atoms with E-state index in [4.69, 9.17) is 9.47 Å². The third kappa shape index (κ3) is 22.2. The third-order valence-corrected chi connectivity index (χ3v) is 28.6. The van der Waals surface area contributed by atoms with Crippen LogP contribution in [0.2, 0.25) is 0 Å². The lowest BCUT2D eigenvalue weighted by Crippen LogP contribution is -2.51. The fourth-order valence-corrected chi connectivity index (χ4v) is 22.9. The predicted octanol–water partition coefficient (Wildman–Crippen LogP) is 27.6. The van der Waals surface area contributed by atoms with Crippen molar-refractivity contribution in [3.05, 3.63) is 23.3 Å². The standard InChI is InChI=1S/C45H80O2.C43H76O2/c1-7-8-9-10-11-12-13-14-15-16-17-18-19-20-21-25-43(46)47-38-30-32-44(5)37(34-38)26-27-39-41-29-28-40(36(4)24-22-23-35(2)3)45(41,6)33-31-42(39)44;1-7-8-9-10-11-12-13-14-15-16-17-18-19-23-41(44)45-36-28-30-42(5)35(32-36)24-25-37-39-27-26-38(34(4)22-20-21-33(2)3)43(39,6)31-29-40(37)42/h26,35-36,38-42H,7-25,27-34H2,1-6H3;24,33-34,36-40H,7-23,25-32H2,1-6H3/t36-,38+,39+,40-,41+,42+,44+,45-;34-,36+,37+,38-,39+,40+,42+,43-/m11/s1. The first-order valence-corrected chi connectivity index (χ1v) is 42.2. The SMILES string of the molecule is CCCCCCCCCCCCCCCC(=O)O[C@H]1CC[C@@]2(C)C(=CC[C@H]3[C@@H]4CC[C@H]([C@H](C)CCCC(C)C)[C@@]4(C)CC[C@@H]32)C1.CCCCCCCCCCCCCCCCCC(=O)O[C@H]1CC[C@@]2(C)C(=CC[C@H]3[C@@H]4CC[C@H]([C@H](C)CCCC(C)C)[C@@]4(C)CC[C@@H]32)C1. The first-order valence-electron chi connectivity index (χ1n) is 42.2. The number of ether oxygens (including phenoxy) is 2. The van der Waals surface area contributed by atoms with E-state index in [0.717, 1.165) is 110 Å². The molecule has 0 saturated heterocycles. The van der Waals surface area contributed by atoms with Crippen LogP contribution in [0.15, 0.2) is 23.3 Å². The van der Waals surface area contributed by atoms with Crippen molar-refractivity contribution in [2.24, 2.45) is 92.7 Å². The van der Waals surface area contributed by atoms with Crippen LogP contribution in [0.1, 0.15) is 417 Å². The van der Waals surface area contributed by atoms with Gasteiger partial charge in [0.1, 0.15) is 12.2 Å². The highest BCUT2D eigenvalue weighted by molar-refractivity contribution is 5.70. The van der Waals surface area contributed by atoms with E-state index < -0.39 is 0 Å². The van der Waals surface area contributed by atoms with Crippen LogP contribution in [0.25, 0.3) is 0 Å². The lowest BCUT2D eigenvalue weighted by atomic mass is 9.47. The van der Waals surface area contributed by atoms with E-state index in [-0.39, 0.29) is 24.1 Å². The summed E-state index contributed by atoms with van der Waals surface area (Å²) in [6, 6.07) is 0. The summed E-state index contributed by atoms with van der Waals surface area (Å²) in [6.45, 7) is 29.9. The molecule has 4 heteroatoms. The second-order valence-electron chi connectivity index (χ2n) is 36.0. The molecular formula is C88H156O4. The first kappa shape index (κ1) is 77.8. The maximum atomic E-state index is 12.8. The summed E-state index contributed by atoms with van der Waals surface area (Å²) < 4.78 is 12.3. The lowest BCUT2D eigenvalue weighted by Gasteiger charge is -2.58. The Morgan fingerprint density at radius 3 is 1.01 bits per heavy atom. The molecule has 0 heterocycles. The van der Waals surface area contributed by atoms with E-state index in [1.807, 2.05) is 0 Å². The number of rotatable bonds is 42. The Labute approximate surface area is 573 Å². The molecular weight excluding hydrogens is 1120 g/mol. The number of unbranched alkanes of at least 4 members (excludes halogenated alkanes) is 26. The van der Waals surface area contributed by atoms with Gasteiger partial charge in [0.2, 0.25) is 0 Å². The molecule has 8 rings (SSSR count). The monoisotopic (exact) mass is 1280 g/mol. The maximum absolute atomic E-state index is 12.8. The highest BCUT2D eigenvalue weighted by atomic mass is 16.5. The molecule has 6 saturated carbocycles. The average molecular weight is 1280 g/mol. The molecule has 0 N–H and O–H groups in total. The zero-order valence-corrected chi connectivity index (χ0v) is 63.6. The van der Waals surface area contributed by atoms with Crippen molar-refractivity contribution < 1.29 is 19.1 Å². The van der Waals surface area contributed by atoms with Crippen LogP contribution in [0.3, 0.4) is 0 Å². The van der Waals surface area contributed by atoms with E-state index in [1.54, 1.807) is 11.1 Å². The minimum atomic E-state index is 0.0638. The molecule has 6 fully saturated rings. The Morgan fingerprint density at radius 2 is 0.696 bits per heavy atom. The fraction of sp³-hybridized carbons (Fsp3) is 0.932. The smallest absolute Gasteiger partial charge is 0.306 e. The number of esters is 2. The number of allylic oxidation sites excluding steroid dienone is 2. The van der Waals surface area contributed by atoms with Crippen LogP contribution in [-0.2, 0) is 19.1 Å². The molecule has 8 aliphatic rings. The van der Waals surface area contributed by atoms with Crippen LogP contribution >= 0.6 is 0 Å². The van der Waals surface area contributed by atoms with Crippen molar-refractivity contribution in [1.29, 1.82) is 0 Å². The molecule has 16 atom stereocenters. The van der Waals surface area contributed by atoms with Crippen molar-refractivity contribution >= 4 is 11.9 Å². The highest BCUT2D eigenvalue weighted by Gasteiger charge is 2.61. The van der Waals surface area contributed by atoms with E-state index in [9.17, 15) is 9.59 Å². The van der Waals surface area contributed by atoms with Crippen LogP contribution in [-0.4, -0.2) is 24.1 Å². The van der Waals surface area contributed by atoms with Gasteiger partial charge in [0.15, 0.2) is 0 Å². The van der Waals surface area contributed by atoms with Gasteiger partial charge in [-0.25, -0.2) is 0 Å². The normalized spacial score (nSPS) is 32.8. The van der Waals surface area contributed by atoms with Gasteiger partial charge in [-0.3, -0.25) is 9.59 Å². The summed E-state index contributed by atoms with van der Waals surface area (Å²) in [4.78, 5) is 25.6. The molecule has 0 unspecified atom stereocenters. The van der Waals surface area contributed by atoms with Crippen molar-refractivity contribution in [2.45, 2.75) is 429 Å². The van der Waals surface area contributed by atoms with E-state index >= 15 is 0 Å². The Hall–Kier alpha value is -1.58. The van der Waals surface area contributed by atoms with Gasteiger partial charge in [0.25, 0.3) is 0 Å². The fourth-order valence-electron chi connectivity index (χ4n) is 22.9. The number of carbonyl (C=O) groups excluding carboxylic acids is 2. The van der Waals surface area contributed by atoms with Crippen LogP contribution in [0.5, 0.6) is 0 Å². The molecule has 0 spiro atoms. The van der Waals surface area contributed by atoms with Gasteiger partial charge in [-0.05, 0) is 195 Å². The zero-order valence-electron chi connectivity index (χ0n) is 63.6. The quantitative estimate of drug-likeness (QED) is 0.0347. The second kappa shape index (κ2) is 39.9.